The van der Waals surface area contributed by atoms with Gasteiger partial charge in [0, 0.05) is 19.6 Å². The lowest BCUT2D eigenvalue weighted by Crippen LogP contribution is -2.44. The van der Waals surface area contributed by atoms with Crippen molar-refractivity contribution in [1.29, 1.82) is 0 Å². The quantitative estimate of drug-likeness (QED) is 0.752. The molecule has 22 heavy (non-hydrogen) atoms. The van der Waals surface area contributed by atoms with Crippen LogP contribution in [0, 0.1) is 0 Å². The molecular weight excluding hydrogens is 284 g/mol. The van der Waals surface area contributed by atoms with Gasteiger partial charge in [-0.1, -0.05) is 12.1 Å². The molecule has 6 heteroatoms. The van der Waals surface area contributed by atoms with E-state index in [2.05, 4.69) is 4.74 Å². The molecule has 2 rings (SSSR count). The zero-order valence-electron chi connectivity index (χ0n) is 13.1. The first-order valence-electron chi connectivity index (χ1n) is 7.31. The molecule has 1 amide bonds. The third-order valence-electron chi connectivity index (χ3n) is 3.60. The maximum absolute atomic E-state index is 12.1. The molecule has 1 aromatic carbocycles. The second-order valence-electron chi connectivity index (χ2n) is 5.35. The maximum atomic E-state index is 12.1. The van der Waals surface area contributed by atoms with Gasteiger partial charge in [0.05, 0.1) is 32.4 Å². The van der Waals surface area contributed by atoms with Crippen LogP contribution < -0.4 is 0 Å². The molecule has 0 aromatic heterocycles. The monoisotopic (exact) mass is 306 g/mol. The van der Waals surface area contributed by atoms with Crippen LogP contribution in [-0.2, 0) is 20.8 Å². The Morgan fingerprint density at radius 1 is 1.23 bits per heavy atom. The number of likely N-dealkylation sites (N-methyl/N-ethyl adjacent to an activating group) is 1. The Balaban J connectivity index is 1.84. The molecule has 1 aromatic rings. The summed E-state index contributed by atoms with van der Waals surface area (Å²) in [6.07, 6.45) is 0. The van der Waals surface area contributed by atoms with Gasteiger partial charge in [0.15, 0.2) is 0 Å². The molecule has 1 heterocycles. The van der Waals surface area contributed by atoms with E-state index in [1.54, 1.807) is 12.1 Å². The molecule has 0 saturated carbocycles. The van der Waals surface area contributed by atoms with E-state index < -0.39 is 0 Å². The number of benzene rings is 1. The second-order valence-corrected chi connectivity index (χ2v) is 5.35. The third-order valence-corrected chi connectivity index (χ3v) is 3.60. The fourth-order valence-electron chi connectivity index (χ4n) is 2.38. The standard InChI is InChI=1S/C16H22N2O4/c1-17(12-15(19)18-7-9-22-10-8-18)11-13-3-5-14(6-4-13)16(20)21-2/h3-6H,7-12H2,1-2H3. The second kappa shape index (κ2) is 7.91. The largest absolute Gasteiger partial charge is 0.465 e. The van der Waals surface area contributed by atoms with Crippen LogP contribution in [-0.4, -0.2) is 68.7 Å². The van der Waals surface area contributed by atoms with E-state index in [1.165, 1.54) is 7.11 Å². The summed E-state index contributed by atoms with van der Waals surface area (Å²) < 4.78 is 9.91. The van der Waals surface area contributed by atoms with E-state index in [9.17, 15) is 9.59 Å². The summed E-state index contributed by atoms with van der Waals surface area (Å²) in [7, 11) is 3.27. The van der Waals surface area contributed by atoms with Gasteiger partial charge in [0.1, 0.15) is 0 Å². The van der Waals surface area contributed by atoms with Crippen molar-refractivity contribution in [2.24, 2.45) is 0 Å². The van der Waals surface area contributed by atoms with Crippen molar-refractivity contribution in [2.75, 3.05) is 47.0 Å². The number of morpholine rings is 1. The highest BCUT2D eigenvalue weighted by atomic mass is 16.5. The van der Waals surface area contributed by atoms with Crippen molar-refractivity contribution >= 4 is 11.9 Å². The Morgan fingerprint density at radius 3 is 2.45 bits per heavy atom. The molecule has 1 aliphatic heterocycles. The number of hydrogen-bond acceptors (Lipinski definition) is 5. The van der Waals surface area contributed by atoms with Gasteiger partial charge in [0.25, 0.3) is 0 Å². The maximum Gasteiger partial charge on any atom is 0.337 e. The number of rotatable bonds is 5. The molecule has 120 valence electrons. The lowest BCUT2D eigenvalue weighted by atomic mass is 10.1. The molecule has 0 radical (unpaired) electrons. The van der Waals surface area contributed by atoms with Gasteiger partial charge in [-0.3, -0.25) is 9.69 Å². The summed E-state index contributed by atoms with van der Waals surface area (Å²) in [6.45, 7) is 3.59. The van der Waals surface area contributed by atoms with Crippen molar-refractivity contribution in [3.05, 3.63) is 35.4 Å². The lowest BCUT2D eigenvalue weighted by Gasteiger charge is -2.28. The summed E-state index contributed by atoms with van der Waals surface area (Å²) in [5, 5.41) is 0. The zero-order chi connectivity index (χ0) is 15.9. The molecule has 6 nitrogen and oxygen atoms in total. The number of carbonyl (C=O) groups excluding carboxylic acids is 2. The average molecular weight is 306 g/mol. The van der Waals surface area contributed by atoms with Crippen LogP contribution in [0.4, 0.5) is 0 Å². The molecule has 1 fully saturated rings. The summed E-state index contributed by atoms with van der Waals surface area (Å²) in [5.41, 5.74) is 1.57. The highest BCUT2D eigenvalue weighted by Gasteiger charge is 2.18. The summed E-state index contributed by atoms with van der Waals surface area (Å²) in [6, 6.07) is 7.22. The van der Waals surface area contributed by atoms with Gasteiger partial charge in [-0.15, -0.1) is 0 Å². The van der Waals surface area contributed by atoms with Gasteiger partial charge >= 0.3 is 5.97 Å². The summed E-state index contributed by atoms with van der Waals surface area (Å²) in [5.74, 6) is -0.223. The highest BCUT2D eigenvalue weighted by Crippen LogP contribution is 2.08. The van der Waals surface area contributed by atoms with E-state index in [1.807, 2.05) is 29.0 Å². The van der Waals surface area contributed by atoms with Crippen molar-refractivity contribution in [2.45, 2.75) is 6.54 Å². The van der Waals surface area contributed by atoms with Crippen LogP contribution in [0.5, 0.6) is 0 Å². The molecule has 0 aliphatic carbocycles. The minimum absolute atomic E-state index is 0.122. The van der Waals surface area contributed by atoms with Crippen molar-refractivity contribution in [3.8, 4) is 0 Å². The van der Waals surface area contributed by atoms with Crippen LogP contribution in [0.2, 0.25) is 0 Å². The van der Waals surface area contributed by atoms with E-state index in [0.717, 1.165) is 5.56 Å². The molecule has 1 aliphatic rings. The zero-order valence-corrected chi connectivity index (χ0v) is 13.1. The van der Waals surface area contributed by atoms with E-state index in [4.69, 9.17) is 4.74 Å². The van der Waals surface area contributed by atoms with Crippen LogP contribution >= 0.6 is 0 Å². The number of amides is 1. The van der Waals surface area contributed by atoms with Crippen LogP contribution in [0.25, 0.3) is 0 Å². The summed E-state index contributed by atoms with van der Waals surface area (Å²) >= 11 is 0. The molecule has 0 atom stereocenters. The molecular formula is C16H22N2O4. The Morgan fingerprint density at radius 2 is 1.86 bits per heavy atom. The molecule has 0 unspecified atom stereocenters. The molecule has 0 N–H and O–H groups in total. The number of nitrogens with zero attached hydrogens (tertiary/aromatic N) is 2. The Bertz CT molecular complexity index is 509. The van der Waals surface area contributed by atoms with Gasteiger partial charge in [-0.2, -0.15) is 0 Å². The normalized spacial score (nSPS) is 15.0. The molecule has 0 bridgehead atoms. The fraction of sp³-hybridized carbons (Fsp3) is 0.500. The number of methoxy groups -OCH3 is 1. The first-order valence-corrected chi connectivity index (χ1v) is 7.31. The van der Waals surface area contributed by atoms with Crippen molar-refractivity contribution in [1.82, 2.24) is 9.80 Å². The topological polar surface area (TPSA) is 59.1 Å². The van der Waals surface area contributed by atoms with Crippen molar-refractivity contribution < 1.29 is 19.1 Å². The predicted octanol–water partition coefficient (Wildman–Crippen LogP) is 0.764. The Labute approximate surface area is 130 Å². The Kier molecular flexibility index (Phi) is 5.91. The van der Waals surface area contributed by atoms with Crippen LogP contribution in [0.1, 0.15) is 15.9 Å². The van der Waals surface area contributed by atoms with Gasteiger partial charge < -0.3 is 14.4 Å². The number of esters is 1. The van der Waals surface area contributed by atoms with E-state index in [0.29, 0.717) is 45.0 Å². The van der Waals surface area contributed by atoms with E-state index >= 15 is 0 Å². The number of ether oxygens (including phenoxy) is 2. The third kappa shape index (κ3) is 4.54. The number of carbonyl (C=O) groups is 2. The minimum Gasteiger partial charge on any atom is -0.465 e. The summed E-state index contributed by atoms with van der Waals surface area (Å²) in [4.78, 5) is 27.3. The van der Waals surface area contributed by atoms with Gasteiger partial charge in [-0.05, 0) is 24.7 Å². The fourth-order valence-corrected chi connectivity index (χ4v) is 2.38. The first-order chi connectivity index (χ1) is 10.6. The van der Waals surface area contributed by atoms with Crippen LogP contribution in [0.3, 0.4) is 0 Å². The smallest absolute Gasteiger partial charge is 0.337 e. The predicted molar refractivity (Wildman–Crippen MR) is 81.5 cm³/mol. The molecule has 1 saturated heterocycles. The SMILES string of the molecule is COC(=O)c1ccc(CN(C)CC(=O)N2CCOCC2)cc1. The number of hydrogen-bond donors (Lipinski definition) is 0. The lowest BCUT2D eigenvalue weighted by molar-refractivity contribution is -0.136. The van der Waals surface area contributed by atoms with E-state index in [-0.39, 0.29) is 11.9 Å². The minimum atomic E-state index is -0.345. The average Bonchev–Trinajstić information content (AvgIpc) is 2.55. The van der Waals surface area contributed by atoms with Crippen LogP contribution in [0.15, 0.2) is 24.3 Å². The highest BCUT2D eigenvalue weighted by molar-refractivity contribution is 5.89. The van der Waals surface area contributed by atoms with Gasteiger partial charge in [0.2, 0.25) is 5.91 Å². The molecule has 0 spiro atoms. The first kappa shape index (κ1) is 16.5. The Hall–Kier alpha value is -1.92. The van der Waals surface area contributed by atoms with Crippen molar-refractivity contribution in [3.63, 3.8) is 0 Å². The van der Waals surface area contributed by atoms with Gasteiger partial charge in [-0.25, -0.2) is 4.79 Å².